The number of allylic oxidation sites excluding steroid dienone is 1. The molecule has 3 rings (SSSR count). The van der Waals surface area contributed by atoms with E-state index in [0.29, 0.717) is 43.2 Å². The van der Waals surface area contributed by atoms with E-state index in [-0.39, 0.29) is 5.57 Å². The summed E-state index contributed by atoms with van der Waals surface area (Å²) in [6.45, 7) is 5.84. The molecule has 1 heterocycles. The van der Waals surface area contributed by atoms with Crippen LogP contribution in [-0.4, -0.2) is 67.0 Å². The van der Waals surface area contributed by atoms with Crippen LogP contribution in [0.25, 0.3) is 6.08 Å². The van der Waals surface area contributed by atoms with Crippen molar-refractivity contribution in [3.63, 3.8) is 0 Å². The maximum absolute atomic E-state index is 13.3. The van der Waals surface area contributed by atoms with Crippen molar-refractivity contribution < 1.29 is 24.2 Å². The second kappa shape index (κ2) is 12.2. The number of aliphatic hydroxyl groups excluding tert-OH is 1. The summed E-state index contributed by atoms with van der Waals surface area (Å²) >= 11 is 0. The Bertz CT molecular complexity index is 1090. The first-order valence-electron chi connectivity index (χ1n) is 11.9. The highest BCUT2D eigenvalue weighted by Crippen LogP contribution is 2.41. The van der Waals surface area contributed by atoms with E-state index in [9.17, 15) is 14.7 Å². The quantitative estimate of drug-likeness (QED) is 0.455. The Hall–Kier alpha value is -3.58. The van der Waals surface area contributed by atoms with Crippen molar-refractivity contribution in [2.75, 3.05) is 40.4 Å². The molecule has 0 saturated carbocycles. The fraction of sp³-hybridized carbons (Fsp3) is 0.357. The Balaban J connectivity index is 2.01. The van der Waals surface area contributed by atoms with Crippen molar-refractivity contribution in [3.05, 3.63) is 77.1 Å². The van der Waals surface area contributed by atoms with Gasteiger partial charge in [0.2, 0.25) is 0 Å². The minimum Gasteiger partial charge on any atom is -0.503 e. The lowest BCUT2D eigenvalue weighted by atomic mass is 9.95. The van der Waals surface area contributed by atoms with Gasteiger partial charge in [-0.15, -0.1) is 0 Å². The second-order valence-electron chi connectivity index (χ2n) is 8.50. The molecule has 186 valence electrons. The smallest absolute Gasteiger partial charge is 0.290 e. The van der Waals surface area contributed by atoms with Crippen LogP contribution >= 0.6 is 0 Å². The molecule has 0 bridgehead atoms. The number of hydrogen-bond donors (Lipinski definition) is 1. The number of carbonyl (C=O) groups is 2. The molecule has 0 radical (unpaired) electrons. The third-order valence-corrected chi connectivity index (χ3v) is 5.68. The summed E-state index contributed by atoms with van der Waals surface area (Å²) in [5.74, 6) is -0.338. The molecule has 1 aliphatic rings. The van der Waals surface area contributed by atoms with Gasteiger partial charge in [-0.25, -0.2) is 0 Å². The van der Waals surface area contributed by atoms with Gasteiger partial charge in [0.25, 0.3) is 5.91 Å². The molecule has 0 fully saturated rings. The van der Waals surface area contributed by atoms with Crippen molar-refractivity contribution in [2.24, 2.45) is 0 Å². The lowest BCUT2D eigenvalue weighted by molar-refractivity contribution is -0.129. The first kappa shape index (κ1) is 26.0. The van der Waals surface area contributed by atoms with Gasteiger partial charge in [0.05, 0.1) is 24.8 Å². The SMILES string of the molecule is CCOc1ccc(C2C(C(=O)C=Cc3ccccc3)=C(O)C(=O)N2CCCN(C)C)cc1OCC. The van der Waals surface area contributed by atoms with Crippen molar-refractivity contribution in [1.29, 1.82) is 0 Å². The molecule has 2 aromatic rings. The van der Waals surface area contributed by atoms with Gasteiger partial charge in [-0.3, -0.25) is 9.59 Å². The van der Waals surface area contributed by atoms with Crippen LogP contribution in [0.15, 0.2) is 65.9 Å². The summed E-state index contributed by atoms with van der Waals surface area (Å²) in [5, 5.41) is 10.8. The zero-order valence-corrected chi connectivity index (χ0v) is 20.9. The Kier molecular flexibility index (Phi) is 9.09. The Morgan fingerprint density at radius 3 is 2.40 bits per heavy atom. The largest absolute Gasteiger partial charge is 0.503 e. The van der Waals surface area contributed by atoms with Crippen molar-refractivity contribution in [2.45, 2.75) is 26.3 Å². The van der Waals surface area contributed by atoms with E-state index in [1.807, 2.05) is 69.2 Å². The third-order valence-electron chi connectivity index (χ3n) is 5.68. The van der Waals surface area contributed by atoms with Gasteiger partial charge >= 0.3 is 0 Å². The number of hydrogen-bond acceptors (Lipinski definition) is 6. The number of ketones is 1. The summed E-state index contributed by atoms with van der Waals surface area (Å²) in [5.41, 5.74) is 1.60. The van der Waals surface area contributed by atoms with Gasteiger partial charge < -0.3 is 24.4 Å². The van der Waals surface area contributed by atoms with Crippen molar-refractivity contribution >= 4 is 17.8 Å². The molecule has 1 aliphatic heterocycles. The molecular formula is C28H34N2O5. The van der Waals surface area contributed by atoms with E-state index in [4.69, 9.17) is 9.47 Å². The zero-order chi connectivity index (χ0) is 25.4. The summed E-state index contributed by atoms with van der Waals surface area (Å²) in [4.78, 5) is 30.0. The minimum atomic E-state index is -0.729. The van der Waals surface area contributed by atoms with E-state index in [0.717, 1.165) is 12.1 Å². The number of nitrogens with zero attached hydrogens (tertiary/aromatic N) is 2. The average molecular weight is 479 g/mol. The second-order valence-corrected chi connectivity index (χ2v) is 8.50. The van der Waals surface area contributed by atoms with Gasteiger partial charge in [0, 0.05) is 6.54 Å². The number of carbonyl (C=O) groups excluding carboxylic acids is 2. The maximum Gasteiger partial charge on any atom is 0.290 e. The summed E-state index contributed by atoms with van der Waals surface area (Å²) in [6.07, 6.45) is 3.78. The fourth-order valence-electron chi connectivity index (χ4n) is 4.10. The molecule has 1 atom stereocenters. The molecule has 1 amide bonds. The number of aliphatic hydroxyl groups is 1. The highest BCUT2D eigenvalue weighted by Gasteiger charge is 2.42. The van der Waals surface area contributed by atoms with E-state index in [1.165, 1.54) is 6.08 Å². The van der Waals surface area contributed by atoms with Crippen LogP contribution in [0.4, 0.5) is 0 Å². The monoisotopic (exact) mass is 478 g/mol. The Morgan fingerprint density at radius 2 is 1.74 bits per heavy atom. The minimum absolute atomic E-state index is 0.0682. The van der Waals surface area contributed by atoms with Crippen molar-refractivity contribution in [3.8, 4) is 11.5 Å². The van der Waals surface area contributed by atoms with Crippen LogP contribution in [0.1, 0.15) is 37.4 Å². The predicted molar refractivity (Wildman–Crippen MR) is 137 cm³/mol. The van der Waals surface area contributed by atoms with Crippen LogP contribution < -0.4 is 9.47 Å². The van der Waals surface area contributed by atoms with E-state index < -0.39 is 23.5 Å². The number of amides is 1. The summed E-state index contributed by atoms with van der Waals surface area (Å²) in [6, 6.07) is 14.1. The van der Waals surface area contributed by atoms with Crippen LogP contribution in [0.3, 0.4) is 0 Å². The van der Waals surface area contributed by atoms with Gasteiger partial charge in [-0.1, -0.05) is 42.5 Å². The molecule has 7 nitrogen and oxygen atoms in total. The van der Waals surface area contributed by atoms with Gasteiger partial charge in [0.1, 0.15) is 0 Å². The molecular weight excluding hydrogens is 444 g/mol. The first-order chi connectivity index (χ1) is 16.9. The lowest BCUT2D eigenvalue weighted by Gasteiger charge is -2.27. The number of ether oxygens (including phenoxy) is 2. The van der Waals surface area contributed by atoms with Gasteiger partial charge in [-0.2, -0.15) is 0 Å². The van der Waals surface area contributed by atoms with Crippen molar-refractivity contribution in [1.82, 2.24) is 9.80 Å². The van der Waals surface area contributed by atoms with E-state index in [1.54, 1.807) is 23.1 Å². The van der Waals surface area contributed by atoms with Crippen LogP contribution in [0.2, 0.25) is 0 Å². The fourth-order valence-corrected chi connectivity index (χ4v) is 4.10. The molecule has 0 aromatic heterocycles. The normalized spacial score (nSPS) is 16.0. The topological polar surface area (TPSA) is 79.3 Å². The highest BCUT2D eigenvalue weighted by molar-refractivity contribution is 6.14. The molecule has 35 heavy (non-hydrogen) atoms. The number of benzene rings is 2. The van der Waals surface area contributed by atoms with Crippen LogP contribution in [0, 0.1) is 0 Å². The van der Waals surface area contributed by atoms with Crippen LogP contribution in [0.5, 0.6) is 11.5 Å². The van der Waals surface area contributed by atoms with Gasteiger partial charge in [-0.05, 0) is 70.2 Å². The summed E-state index contributed by atoms with van der Waals surface area (Å²) in [7, 11) is 3.92. The first-order valence-corrected chi connectivity index (χ1v) is 11.9. The molecule has 7 heteroatoms. The third kappa shape index (κ3) is 6.31. The molecule has 1 unspecified atom stereocenters. The van der Waals surface area contributed by atoms with E-state index in [2.05, 4.69) is 0 Å². The Morgan fingerprint density at radius 1 is 1.06 bits per heavy atom. The lowest BCUT2D eigenvalue weighted by Crippen LogP contribution is -2.33. The average Bonchev–Trinajstić information content (AvgIpc) is 3.09. The molecule has 0 aliphatic carbocycles. The molecule has 2 aromatic carbocycles. The summed E-state index contributed by atoms with van der Waals surface area (Å²) < 4.78 is 11.5. The molecule has 1 N–H and O–H groups in total. The van der Waals surface area contributed by atoms with Gasteiger partial charge in [0.15, 0.2) is 23.0 Å². The highest BCUT2D eigenvalue weighted by atomic mass is 16.5. The maximum atomic E-state index is 13.3. The van der Waals surface area contributed by atoms with Crippen LogP contribution in [-0.2, 0) is 9.59 Å². The Labute approximate surface area is 207 Å². The number of rotatable bonds is 12. The predicted octanol–water partition coefficient (Wildman–Crippen LogP) is 4.41. The zero-order valence-electron chi connectivity index (χ0n) is 20.9. The standard InChI is InChI=1S/C28H34N2O5/c1-5-34-23-16-14-21(19-24(23)35-6-2)26-25(22(31)15-13-20-11-8-7-9-12-20)27(32)28(33)30(26)18-10-17-29(3)4/h7-9,11-16,19,26,32H,5-6,10,17-18H2,1-4H3. The molecule has 0 spiro atoms. The molecule has 0 saturated heterocycles. The van der Waals surface area contributed by atoms with E-state index >= 15 is 0 Å².